The molecule has 0 saturated heterocycles. The molecule has 1 aliphatic carbocycles. The predicted octanol–water partition coefficient (Wildman–Crippen LogP) is 6.02. The minimum atomic E-state index is -4.64. The van der Waals surface area contributed by atoms with E-state index in [9.17, 15) is 18.0 Å². The van der Waals surface area contributed by atoms with Gasteiger partial charge in [0, 0.05) is 29.8 Å². The monoisotopic (exact) mass is 534 g/mol. The number of aliphatic imine (C=N–C) groups is 1. The number of hydrogen-bond acceptors (Lipinski definition) is 6. The molecule has 1 aromatic carbocycles. The number of alkyl halides is 3. The Hall–Kier alpha value is -3.14. The number of halogens is 3. The van der Waals surface area contributed by atoms with Gasteiger partial charge in [0.15, 0.2) is 5.69 Å². The van der Waals surface area contributed by atoms with E-state index >= 15 is 0 Å². The highest BCUT2D eigenvalue weighted by atomic mass is 19.4. The summed E-state index contributed by atoms with van der Waals surface area (Å²) in [5.41, 5.74) is 1.28. The first-order chi connectivity index (χ1) is 17.5. The molecule has 0 aliphatic heterocycles. The number of benzene rings is 1. The van der Waals surface area contributed by atoms with E-state index in [4.69, 9.17) is 15.5 Å². The van der Waals surface area contributed by atoms with Crippen LogP contribution in [0.2, 0.25) is 0 Å². The number of hydrogen-bond donors (Lipinski definition) is 1. The topological polar surface area (TPSA) is 91.7 Å². The van der Waals surface area contributed by atoms with Crippen molar-refractivity contribution in [2.24, 2.45) is 16.3 Å². The Morgan fingerprint density at radius 2 is 1.95 bits per heavy atom. The molecule has 0 atom stereocenters. The molecule has 1 aromatic heterocycles. The summed E-state index contributed by atoms with van der Waals surface area (Å²) in [6.07, 6.45) is -2.39. The largest absolute Gasteiger partial charge is 0.460 e. The van der Waals surface area contributed by atoms with Gasteiger partial charge in [-0.1, -0.05) is 32.6 Å². The van der Waals surface area contributed by atoms with E-state index in [1.165, 1.54) is 12.1 Å². The minimum absolute atomic E-state index is 0.000664. The zero-order valence-electron chi connectivity index (χ0n) is 23.0. The van der Waals surface area contributed by atoms with Crippen molar-refractivity contribution < 1.29 is 27.5 Å². The zero-order valence-corrected chi connectivity index (χ0v) is 23.0. The minimum Gasteiger partial charge on any atom is -0.460 e. The summed E-state index contributed by atoms with van der Waals surface area (Å²) in [5.74, 6) is 5.00. The number of rotatable bonds is 7. The number of carbonyl (C=O) groups excluding carboxylic acids is 1. The second-order valence-electron chi connectivity index (χ2n) is 11.4. The second-order valence-corrected chi connectivity index (χ2v) is 11.4. The molecule has 0 unspecified atom stereocenters. The number of fused-ring (bicyclic) bond motifs is 1. The van der Waals surface area contributed by atoms with Crippen molar-refractivity contribution in [3.63, 3.8) is 0 Å². The molecule has 0 fully saturated rings. The summed E-state index contributed by atoms with van der Waals surface area (Å²) in [7, 11) is 0. The van der Waals surface area contributed by atoms with Gasteiger partial charge in [-0.25, -0.2) is 4.99 Å². The molecule has 3 rings (SSSR count). The number of carbonyl (C=O) groups is 1. The van der Waals surface area contributed by atoms with Gasteiger partial charge in [-0.3, -0.25) is 9.48 Å². The molecule has 7 nitrogen and oxygen atoms in total. The van der Waals surface area contributed by atoms with Gasteiger partial charge in [0.2, 0.25) is 0 Å². The van der Waals surface area contributed by atoms with Crippen LogP contribution in [0.25, 0.3) is 5.70 Å². The lowest BCUT2D eigenvalue weighted by molar-refractivity contribution is -0.155. The van der Waals surface area contributed by atoms with Gasteiger partial charge >= 0.3 is 12.1 Å². The Balaban J connectivity index is 1.92. The molecule has 0 saturated carbocycles. The normalized spacial score (nSPS) is 15.7. The van der Waals surface area contributed by atoms with Gasteiger partial charge < -0.3 is 9.57 Å². The number of nitrogens with two attached hydrogens (primary N) is 1. The maximum atomic E-state index is 13.9. The number of esters is 1. The molecule has 38 heavy (non-hydrogen) atoms. The van der Waals surface area contributed by atoms with Crippen molar-refractivity contribution in [3.8, 4) is 0 Å². The molecule has 1 aliphatic rings. The molecule has 0 amide bonds. The van der Waals surface area contributed by atoms with E-state index in [0.29, 0.717) is 12.2 Å². The SMILES string of the molecule is C=C(/N=C(\ON)c1nn(CC)c2c1CCC(C)(C)C2)c1ccc(CCC(=O)OC(C)(C)C)c(C(F)(F)F)c1. The first-order valence-electron chi connectivity index (χ1n) is 12.7. The predicted molar refractivity (Wildman–Crippen MR) is 140 cm³/mol. The average molecular weight is 535 g/mol. The standard InChI is InChI=1S/C28H37F3N4O3/c1-8-35-22-16-27(6,7)14-13-20(22)24(34-35)25(38-32)33-17(2)19-10-9-18(21(15-19)28(29,30)31)11-12-23(36)37-26(3,4)5/h9-10,15H,2,8,11-14,16,32H2,1,3-7H3/b33-25-. The lowest BCUT2D eigenvalue weighted by Crippen LogP contribution is -2.24. The van der Waals surface area contributed by atoms with Crippen molar-refractivity contribution in [2.45, 2.75) is 92.0 Å². The van der Waals surface area contributed by atoms with Crippen molar-refractivity contribution in [2.75, 3.05) is 0 Å². The van der Waals surface area contributed by atoms with Crippen molar-refractivity contribution in [1.82, 2.24) is 9.78 Å². The molecule has 1 heterocycles. The number of aromatic nitrogens is 2. The van der Waals surface area contributed by atoms with Crippen LogP contribution in [-0.2, 0) is 46.4 Å². The molecule has 2 N–H and O–H groups in total. The third-order valence-corrected chi connectivity index (χ3v) is 6.48. The highest BCUT2D eigenvalue weighted by Gasteiger charge is 2.35. The molecule has 0 radical (unpaired) electrons. The second kappa shape index (κ2) is 10.9. The van der Waals surface area contributed by atoms with Gasteiger partial charge in [0.05, 0.1) is 11.3 Å². The molecule has 0 spiro atoms. The summed E-state index contributed by atoms with van der Waals surface area (Å²) in [6, 6.07) is 3.80. The number of ether oxygens (including phenoxy) is 1. The zero-order chi connectivity index (χ0) is 28.5. The van der Waals surface area contributed by atoms with E-state index in [2.05, 4.69) is 30.5 Å². The number of nitrogens with zero attached hydrogens (tertiary/aromatic N) is 3. The van der Waals surface area contributed by atoms with Crippen LogP contribution in [0.3, 0.4) is 0 Å². The van der Waals surface area contributed by atoms with Crippen molar-refractivity contribution >= 4 is 17.6 Å². The van der Waals surface area contributed by atoms with Crippen molar-refractivity contribution in [1.29, 1.82) is 0 Å². The Labute approximate surface area is 221 Å². The number of aryl methyl sites for hydroxylation is 2. The summed E-state index contributed by atoms with van der Waals surface area (Å²) in [6.45, 7) is 16.0. The average Bonchev–Trinajstić information content (AvgIpc) is 3.15. The summed E-state index contributed by atoms with van der Waals surface area (Å²) >= 11 is 0. The highest BCUT2D eigenvalue weighted by Crippen LogP contribution is 2.37. The molecule has 0 bridgehead atoms. The quantitative estimate of drug-likeness (QED) is 0.203. The van der Waals surface area contributed by atoms with E-state index in [1.54, 1.807) is 20.8 Å². The van der Waals surface area contributed by atoms with Crippen LogP contribution in [0.15, 0.2) is 29.8 Å². The van der Waals surface area contributed by atoms with E-state index in [1.807, 2.05) is 11.6 Å². The lowest BCUT2D eigenvalue weighted by Gasteiger charge is -2.30. The molecular formula is C28H37F3N4O3. The van der Waals surface area contributed by atoms with Gasteiger partial charge in [-0.2, -0.15) is 24.2 Å². The third kappa shape index (κ3) is 7.03. The van der Waals surface area contributed by atoms with Crippen molar-refractivity contribution in [3.05, 3.63) is 58.4 Å². The van der Waals surface area contributed by atoms with Crippen LogP contribution < -0.4 is 5.90 Å². The van der Waals surface area contributed by atoms with E-state index in [0.717, 1.165) is 36.6 Å². The molecule has 208 valence electrons. The Morgan fingerprint density at radius 1 is 1.26 bits per heavy atom. The van der Waals surface area contributed by atoms with Crippen LogP contribution in [0.4, 0.5) is 13.2 Å². The Bertz CT molecular complexity index is 1240. The fraction of sp³-hybridized carbons (Fsp3) is 0.536. The lowest BCUT2D eigenvalue weighted by atomic mass is 9.76. The van der Waals surface area contributed by atoms with E-state index in [-0.39, 0.29) is 41.0 Å². The van der Waals surface area contributed by atoms with Crippen LogP contribution in [0.1, 0.15) is 88.0 Å². The van der Waals surface area contributed by atoms with Crippen LogP contribution in [0.5, 0.6) is 0 Å². The maximum Gasteiger partial charge on any atom is 0.416 e. The molecule has 10 heteroatoms. The van der Waals surface area contributed by atoms with Crippen LogP contribution in [0, 0.1) is 5.41 Å². The highest BCUT2D eigenvalue weighted by molar-refractivity contribution is 5.97. The van der Waals surface area contributed by atoms with Gasteiger partial charge in [0.1, 0.15) is 5.60 Å². The Morgan fingerprint density at radius 3 is 2.53 bits per heavy atom. The fourth-order valence-electron chi connectivity index (χ4n) is 4.62. The first-order valence-corrected chi connectivity index (χ1v) is 12.7. The van der Waals surface area contributed by atoms with Gasteiger partial charge in [0.25, 0.3) is 5.90 Å². The smallest absolute Gasteiger partial charge is 0.416 e. The molecule has 2 aromatic rings. The fourth-order valence-corrected chi connectivity index (χ4v) is 4.62. The Kier molecular flexibility index (Phi) is 8.45. The van der Waals surface area contributed by atoms with Crippen LogP contribution >= 0.6 is 0 Å². The summed E-state index contributed by atoms with van der Waals surface area (Å²) < 4.78 is 48.9. The van der Waals surface area contributed by atoms with Crippen LogP contribution in [-0.4, -0.2) is 27.2 Å². The first kappa shape index (κ1) is 29.4. The summed E-state index contributed by atoms with van der Waals surface area (Å²) in [5, 5.41) is 4.65. The van der Waals surface area contributed by atoms with Gasteiger partial charge in [-0.05, 0) is 70.4 Å². The summed E-state index contributed by atoms with van der Waals surface area (Å²) in [4.78, 5) is 21.5. The van der Waals surface area contributed by atoms with Gasteiger partial charge in [-0.15, -0.1) is 0 Å². The van der Waals surface area contributed by atoms with E-state index < -0.39 is 23.3 Å². The maximum absolute atomic E-state index is 13.9. The molecular weight excluding hydrogens is 497 g/mol. The third-order valence-electron chi connectivity index (χ3n) is 6.48.